The highest BCUT2D eigenvalue weighted by Crippen LogP contribution is 2.13. The summed E-state index contributed by atoms with van der Waals surface area (Å²) in [6, 6.07) is 17.0. The van der Waals surface area contributed by atoms with E-state index in [4.69, 9.17) is 0 Å². The van der Waals surface area contributed by atoms with Crippen LogP contribution in [0, 0.1) is 6.92 Å². The summed E-state index contributed by atoms with van der Waals surface area (Å²) in [5.41, 5.74) is 2.73. The Morgan fingerprint density at radius 2 is 1.65 bits per heavy atom. The maximum Gasteiger partial charge on any atom is 0.178 e. The van der Waals surface area contributed by atoms with Gasteiger partial charge in [-0.15, -0.1) is 0 Å². The fourth-order valence-electron chi connectivity index (χ4n) is 1.94. The second-order valence-corrected chi connectivity index (χ2v) is 6.64. The molecule has 0 fully saturated rings. The lowest BCUT2D eigenvalue weighted by Crippen LogP contribution is -2.23. The molecule has 2 aromatic rings. The van der Waals surface area contributed by atoms with Crippen molar-refractivity contribution in [2.24, 2.45) is 0 Å². The van der Waals surface area contributed by atoms with Crippen LogP contribution in [0.2, 0.25) is 0 Å². The number of aryl methyl sites for hydroxylation is 1. The Bertz CT molecular complexity index is 603. The number of carbonyl (C=O) groups excluding carboxylic acids is 1. The Hall–Kier alpha value is -1.74. The van der Waals surface area contributed by atoms with E-state index in [9.17, 15) is 9.00 Å². The fourth-order valence-corrected chi connectivity index (χ4v) is 3.08. The van der Waals surface area contributed by atoms with E-state index in [2.05, 4.69) is 0 Å². The average Bonchev–Trinajstić information content (AvgIpc) is 2.47. The summed E-state index contributed by atoms with van der Waals surface area (Å²) in [7, 11) is -1.20. The standard InChI is InChI=1S/C17H18O2S/c1-13-8-10-16(11-9-13)17(18)14(2)20(19)12-15-6-4-3-5-7-15/h3-11,14H,12H2,1-2H3. The van der Waals surface area contributed by atoms with Crippen molar-refractivity contribution in [3.8, 4) is 0 Å². The molecule has 3 heteroatoms. The maximum atomic E-state index is 12.3. The van der Waals surface area contributed by atoms with Crippen LogP contribution < -0.4 is 0 Å². The first kappa shape index (κ1) is 14.7. The molecule has 2 nitrogen and oxygen atoms in total. The van der Waals surface area contributed by atoms with Gasteiger partial charge < -0.3 is 0 Å². The van der Waals surface area contributed by atoms with Gasteiger partial charge in [-0.1, -0.05) is 60.2 Å². The fraction of sp³-hybridized carbons (Fsp3) is 0.235. The normalized spacial score (nSPS) is 13.7. The molecule has 0 aliphatic carbocycles. The monoisotopic (exact) mass is 286 g/mol. The Balaban J connectivity index is 2.06. The van der Waals surface area contributed by atoms with E-state index >= 15 is 0 Å². The lowest BCUT2D eigenvalue weighted by molar-refractivity contribution is 0.0992. The van der Waals surface area contributed by atoms with Gasteiger partial charge in [0.25, 0.3) is 0 Å². The van der Waals surface area contributed by atoms with Crippen molar-refractivity contribution in [3.63, 3.8) is 0 Å². The molecule has 0 aliphatic rings. The smallest absolute Gasteiger partial charge is 0.178 e. The van der Waals surface area contributed by atoms with Gasteiger partial charge in [-0.3, -0.25) is 9.00 Å². The van der Waals surface area contributed by atoms with Crippen molar-refractivity contribution in [1.29, 1.82) is 0 Å². The molecular weight excluding hydrogens is 268 g/mol. The van der Waals surface area contributed by atoms with E-state index in [0.717, 1.165) is 11.1 Å². The lowest BCUT2D eigenvalue weighted by atomic mass is 10.1. The summed E-state index contributed by atoms with van der Waals surface area (Å²) in [5, 5.41) is -0.488. The number of carbonyl (C=O) groups is 1. The molecule has 2 aromatic carbocycles. The Morgan fingerprint density at radius 3 is 2.25 bits per heavy atom. The van der Waals surface area contributed by atoms with Crippen molar-refractivity contribution in [3.05, 3.63) is 71.3 Å². The Morgan fingerprint density at radius 1 is 1.05 bits per heavy atom. The summed E-state index contributed by atoms with van der Waals surface area (Å²) in [4.78, 5) is 12.3. The zero-order valence-electron chi connectivity index (χ0n) is 11.7. The second kappa shape index (κ2) is 6.62. The van der Waals surface area contributed by atoms with Gasteiger partial charge >= 0.3 is 0 Å². The van der Waals surface area contributed by atoms with Gasteiger partial charge in [-0.2, -0.15) is 0 Å². The number of rotatable bonds is 5. The van der Waals surface area contributed by atoms with Crippen LogP contribution in [-0.2, 0) is 16.6 Å². The molecular formula is C17H18O2S. The molecule has 104 valence electrons. The molecule has 2 unspecified atom stereocenters. The SMILES string of the molecule is Cc1ccc(C(=O)C(C)S(=O)Cc2ccccc2)cc1. The molecule has 0 aromatic heterocycles. The predicted octanol–water partition coefficient (Wildman–Crippen LogP) is 3.52. The van der Waals surface area contributed by atoms with Gasteiger partial charge in [-0.25, -0.2) is 0 Å². The molecule has 0 spiro atoms. The van der Waals surface area contributed by atoms with Crippen molar-refractivity contribution >= 4 is 16.6 Å². The average molecular weight is 286 g/mol. The van der Waals surface area contributed by atoms with E-state index in [1.54, 1.807) is 19.1 Å². The van der Waals surface area contributed by atoms with Crippen molar-refractivity contribution < 1.29 is 9.00 Å². The molecule has 0 aliphatic heterocycles. The zero-order valence-corrected chi connectivity index (χ0v) is 12.5. The molecule has 0 saturated carbocycles. The minimum absolute atomic E-state index is 0.0562. The number of ketones is 1. The van der Waals surface area contributed by atoms with Crippen LogP contribution in [0.25, 0.3) is 0 Å². The van der Waals surface area contributed by atoms with Crippen molar-refractivity contribution in [2.45, 2.75) is 24.9 Å². The number of hydrogen-bond acceptors (Lipinski definition) is 2. The summed E-state index contributed by atoms with van der Waals surface area (Å²) in [5.74, 6) is 0.360. The molecule has 2 atom stereocenters. The summed E-state index contributed by atoms with van der Waals surface area (Å²) < 4.78 is 12.3. The van der Waals surface area contributed by atoms with E-state index < -0.39 is 16.0 Å². The first-order valence-electron chi connectivity index (χ1n) is 6.60. The van der Waals surface area contributed by atoms with E-state index in [1.807, 2.05) is 49.4 Å². The lowest BCUT2D eigenvalue weighted by Gasteiger charge is -2.11. The van der Waals surface area contributed by atoms with Gasteiger partial charge in [0.1, 0.15) is 0 Å². The largest absolute Gasteiger partial charge is 0.293 e. The minimum atomic E-state index is -1.20. The summed E-state index contributed by atoms with van der Waals surface area (Å²) >= 11 is 0. The second-order valence-electron chi connectivity index (χ2n) is 4.88. The quantitative estimate of drug-likeness (QED) is 0.788. The van der Waals surface area contributed by atoms with Crippen LogP contribution in [0.3, 0.4) is 0 Å². The van der Waals surface area contributed by atoms with Crippen LogP contribution in [0.5, 0.6) is 0 Å². The van der Waals surface area contributed by atoms with Crippen LogP contribution in [0.1, 0.15) is 28.4 Å². The van der Waals surface area contributed by atoms with Crippen molar-refractivity contribution in [1.82, 2.24) is 0 Å². The first-order valence-corrected chi connectivity index (χ1v) is 7.98. The Labute approximate surface area is 122 Å². The third kappa shape index (κ3) is 3.64. The number of hydrogen-bond donors (Lipinski definition) is 0. The molecule has 20 heavy (non-hydrogen) atoms. The third-order valence-electron chi connectivity index (χ3n) is 3.25. The molecule has 0 heterocycles. The molecule has 0 N–H and O–H groups in total. The van der Waals surface area contributed by atoms with Crippen LogP contribution in [0.15, 0.2) is 54.6 Å². The third-order valence-corrected chi connectivity index (χ3v) is 4.87. The topological polar surface area (TPSA) is 34.1 Å². The highest BCUT2D eigenvalue weighted by atomic mass is 32.2. The van der Waals surface area contributed by atoms with Gasteiger partial charge in [-0.05, 0) is 19.4 Å². The van der Waals surface area contributed by atoms with Crippen LogP contribution in [0.4, 0.5) is 0 Å². The van der Waals surface area contributed by atoms with Crippen LogP contribution >= 0.6 is 0 Å². The minimum Gasteiger partial charge on any atom is -0.293 e. The zero-order chi connectivity index (χ0) is 14.5. The molecule has 0 radical (unpaired) electrons. The summed E-state index contributed by atoms with van der Waals surface area (Å²) in [6.07, 6.45) is 0. The Kier molecular flexibility index (Phi) is 4.85. The van der Waals surface area contributed by atoms with Crippen molar-refractivity contribution in [2.75, 3.05) is 0 Å². The highest BCUT2D eigenvalue weighted by molar-refractivity contribution is 7.85. The van der Waals surface area contributed by atoms with Crippen LogP contribution in [-0.4, -0.2) is 15.2 Å². The number of Topliss-reactive ketones (excluding diaryl/α,β-unsaturated/α-hetero) is 1. The molecule has 0 bridgehead atoms. The van der Waals surface area contributed by atoms with E-state index in [-0.39, 0.29) is 5.78 Å². The molecule has 2 rings (SSSR count). The van der Waals surface area contributed by atoms with Gasteiger partial charge in [0.2, 0.25) is 0 Å². The highest BCUT2D eigenvalue weighted by Gasteiger charge is 2.21. The molecule has 0 saturated heterocycles. The van der Waals surface area contributed by atoms with Gasteiger partial charge in [0, 0.05) is 22.1 Å². The maximum absolute atomic E-state index is 12.3. The van der Waals surface area contributed by atoms with Gasteiger partial charge in [0.05, 0.1) is 5.25 Å². The first-order chi connectivity index (χ1) is 9.58. The van der Waals surface area contributed by atoms with E-state index in [0.29, 0.717) is 11.3 Å². The van der Waals surface area contributed by atoms with Gasteiger partial charge in [0.15, 0.2) is 5.78 Å². The van der Waals surface area contributed by atoms with E-state index in [1.165, 1.54) is 0 Å². The summed E-state index contributed by atoms with van der Waals surface area (Å²) in [6.45, 7) is 3.71. The predicted molar refractivity (Wildman–Crippen MR) is 83.3 cm³/mol. The number of benzene rings is 2. The molecule has 0 amide bonds.